The Morgan fingerprint density at radius 3 is 2.24 bits per heavy atom. The maximum atomic E-state index is 11.4. The summed E-state index contributed by atoms with van der Waals surface area (Å²) in [5.41, 5.74) is -1.15. The first-order valence-corrected chi connectivity index (χ1v) is 5.37. The van der Waals surface area contributed by atoms with Crippen LogP contribution in [-0.2, 0) is 9.59 Å². The lowest BCUT2D eigenvalue weighted by Gasteiger charge is -2.38. The van der Waals surface area contributed by atoms with Gasteiger partial charge in [0.05, 0.1) is 6.54 Å². The van der Waals surface area contributed by atoms with Gasteiger partial charge in [0.2, 0.25) is 5.91 Å². The maximum Gasteiger partial charge on any atom is 0.329 e. The zero-order chi connectivity index (χ0) is 13.1. The van der Waals surface area contributed by atoms with Crippen LogP contribution in [0.5, 0.6) is 0 Å². The summed E-state index contributed by atoms with van der Waals surface area (Å²) >= 11 is 0. The lowest BCUT2D eigenvalue weighted by molar-refractivity contribution is -0.148. The monoisotopic (exact) mass is 243 g/mol. The molecule has 0 saturated heterocycles. The molecule has 96 valence electrons. The number of nitrogens with zero attached hydrogens (tertiary/aromatic N) is 1. The van der Waals surface area contributed by atoms with Crippen molar-refractivity contribution in [1.29, 1.82) is 0 Å². The van der Waals surface area contributed by atoms with E-state index in [2.05, 4.69) is 10.6 Å². The van der Waals surface area contributed by atoms with Gasteiger partial charge in [0.15, 0.2) is 0 Å². The van der Waals surface area contributed by atoms with E-state index in [4.69, 9.17) is 5.11 Å². The second-order valence-electron chi connectivity index (χ2n) is 4.34. The highest BCUT2D eigenvalue weighted by Gasteiger charge is 2.45. The zero-order valence-electron chi connectivity index (χ0n) is 9.95. The van der Waals surface area contributed by atoms with Gasteiger partial charge < -0.3 is 20.6 Å². The largest absolute Gasteiger partial charge is 0.480 e. The van der Waals surface area contributed by atoms with E-state index in [0.29, 0.717) is 12.8 Å². The number of likely N-dealkylation sites (N-methyl/N-ethyl adjacent to an activating group) is 1. The Labute approximate surface area is 99.2 Å². The minimum Gasteiger partial charge on any atom is -0.480 e. The molecule has 0 aliphatic heterocycles. The predicted octanol–water partition coefficient (Wildman–Crippen LogP) is -0.619. The first-order chi connectivity index (χ1) is 7.87. The second-order valence-corrected chi connectivity index (χ2v) is 4.34. The van der Waals surface area contributed by atoms with Crippen molar-refractivity contribution in [2.24, 2.45) is 0 Å². The van der Waals surface area contributed by atoms with Crippen LogP contribution in [0.4, 0.5) is 4.79 Å². The molecule has 7 heteroatoms. The Kier molecular flexibility index (Phi) is 3.93. The van der Waals surface area contributed by atoms with Crippen LogP contribution in [0.2, 0.25) is 0 Å². The summed E-state index contributed by atoms with van der Waals surface area (Å²) in [7, 11) is 3.15. The van der Waals surface area contributed by atoms with Crippen molar-refractivity contribution in [3.8, 4) is 0 Å². The van der Waals surface area contributed by atoms with Crippen LogP contribution in [-0.4, -0.2) is 54.1 Å². The Morgan fingerprint density at radius 1 is 1.29 bits per heavy atom. The van der Waals surface area contributed by atoms with Crippen molar-refractivity contribution in [1.82, 2.24) is 15.5 Å². The molecule has 1 aliphatic carbocycles. The van der Waals surface area contributed by atoms with Crippen LogP contribution < -0.4 is 10.6 Å². The van der Waals surface area contributed by atoms with E-state index in [1.807, 2.05) is 0 Å². The van der Waals surface area contributed by atoms with Crippen LogP contribution in [0.3, 0.4) is 0 Å². The fourth-order valence-electron chi connectivity index (χ4n) is 1.50. The van der Waals surface area contributed by atoms with Gasteiger partial charge in [-0.25, -0.2) is 9.59 Å². The van der Waals surface area contributed by atoms with Gasteiger partial charge in [-0.1, -0.05) is 0 Å². The van der Waals surface area contributed by atoms with Crippen molar-refractivity contribution >= 4 is 17.9 Å². The lowest BCUT2D eigenvalue weighted by Crippen LogP contribution is -2.61. The highest BCUT2D eigenvalue weighted by molar-refractivity contribution is 5.89. The first kappa shape index (κ1) is 13.3. The van der Waals surface area contributed by atoms with E-state index in [1.54, 1.807) is 14.1 Å². The summed E-state index contributed by atoms with van der Waals surface area (Å²) in [6.07, 6.45) is 1.64. The summed E-state index contributed by atoms with van der Waals surface area (Å²) in [4.78, 5) is 34.9. The Balaban J connectivity index is 2.39. The molecule has 0 bridgehead atoms. The number of nitrogens with one attached hydrogen (secondary N) is 2. The number of carbonyl (C=O) groups is 3. The molecule has 0 heterocycles. The lowest BCUT2D eigenvalue weighted by atomic mass is 9.77. The number of rotatable bonds is 4. The molecular formula is C10H17N3O4. The molecule has 0 atom stereocenters. The standard InChI is InChI=1S/C10H17N3O4/c1-13(2)7(14)6-11-9(17)12-10(8(15)16)4-3-5-10/h3-6H2,1-2H3,(H,15,16)(H2,11,12,17). The highest BCUT2D eigenvalue weighted by Crippen LogP contribution is 2.31. The quantitative estimate of drug-likeness (QED) is 0.613. The van der Waals surface area contributed by atoms with E-state index in [0.717, 1.165) is 6.42 Å². The molecule has 1 fully saturated rings. The molecule has 1 saturated carbocycles. The Bertz CT molecular complexity index is 336. The number of aliphatic carboxylic acids is 1. The number of amides is 3. The van der Waals surface area contributed by atoms with E-state index >= 15 is 0 Å². The van der Waals surface area contributed by atoms with Crippen molar-refractivity contribution in [2.45, 2.75) is 24.8 Å². The summed E-state index contributed by atoms with van der Waals surface area (Å²) in [5, 5.41) is 13.7. The number of carboxylic acid groups (broad SMARTS) is 1. The average molecular weight is 243 g/mol. The molecule has 0 radical (unpaired) electrons. The smallest absolute Gasteiger partial charge is 0.329 e. The minimum atomic E-state index is -1.15. The number of hydrogen-bond acceptors (Lipinski definition) is 3. The van der Waals surface area contributed by atoms with Gasteiger partial charge in [-0.3, -0.25) is 4.79 Å². The zero-order valence-corrected chi connectivity index (χ0v) is 9.95. The average Bonchev–Trinajstić information content (AvgIpc) is 2.19. The van der Waals surface area contributed by atoms with E-state index < -0.39 is 17.5 Å². The molecule has 7 nitrogen and oxygen atoms in total. The second kappa shape index (κ2) is 5.03. The molecule has 1 rings (SSSR count). The normalized spacial score (nSPS) is 16.6. The van der Waals surface area contributed by atoms with Crippen molar-refractivity contribution < 1.29 is 19.5 Å². The number of hydrogen-bond donors (Lipinski definition) is 3. The third kappa shape index (κ3) is 3.08. The van der Waals surface area contributed by atoms with Crippen LogP contribution in [0, 0.1) is 0 Å². The predicted molar refractivity (Wildman–Crippen MR) is 59.4 cm³/mol. The topological polar surface area (TPSA) is 98.7 Å². The molecule has 17 heavy (non-hydrogen) atoms. The van der Waals surface area contributed by atoms with Gasteiger partial charge in [-0.2, -0.15) is 0 Å². The molecule has 0 aromatic heterocycles. The van der Waals surface area contributed by atoms with Crippen molar-refractivity contribution in [3.05, 3.63) is 0 Å². The third-order valence-corrected chi connectivity index (χ3v) is 2.87. The summed E-state index contributed by atoms with van der Waals surface area (Å²) in [6, 6.07) is -0.623. The summed E-state index contributed by atoms with van der Waals surface area (Å²) in [5.74, 6) is -1.28. The Hall–Kier alpha value is -1.79. The van der Waals surface area contributed by atoms with Crippen LogP contribution >= 0.6 is 0 Å². The SMILES string of the molecule is CN(C)C(=O)CNC(=O)NC1(C(=O)O)CCC1. The highest BCUT2D eigenvalue weighted by atomic mass is 16.4. The fourth-order valence-corrected chi connectivity index (χ4v) is 1.50. The molecule has 3 amide bonds. The van der Waals surface area contributed by atoms with E-state index in [1.165, 1.54) is 4.90 Å². The number of urea groups is 1. The minimum absolute atomic E-state index is 0.144. The molecule has 0 spiro atoms. The van der Waals surface area contributed by atoms with E-state index in [-0.39, 0.29) is 12.5 Å². The molecule has 0 aromatic rings. The van der Waals surface area contributed by atoms with Crippen molar-refractivity contribution in [2.75, 3.05) is 20.6 Å². The van der Waals surface area contributed by atoms with Gasteiger partial charge in [-0.05, 0) is 19.3 Å². The number of carbonyl (C=O) groups excluding carboxylic acids is 2. The van der Waals surface area contributed by atoms with Crippen LogP contribution in [0.25, 0.3) is 0 Å². The number of carboxylic acids is 1. The molecule has 1 aliphatic rings. The van der Waals surface area contributed by atoms with E-state index in [9.17, 15) is 14.4 Å². The van der Waals surface area contributed by atoms with Gasteiger partial charge >= 0.3 is 12.0 Å². The Morgan fingerprint density at radius 2 is 1.88 bits per heavy atom. The van der Waals surface area contributed by atoms with Gasteiger partial charge in [-0.15, -0.1) is 0 Å². The molecular weight excluding hydrogens is 226 g/mol. The summed E-state index contributed by atoms with van der Waals surface area (Å²) in [6.45, 7) is -0.144. The molecule has 0 unspecified atom stereocenters. The van der Waals surface area contributed by atoms with Gasteiger partial charge in [0.25, 0.3) is 0 Å². The van der Waals surface area contributed by atoms with Gasteiger partial charge in [0, 0.05) is 14.1 Å². The van der Waals surface area contributed by atoms with Crippen molar-refractivity contribution in [3.63, 3.8) is 0 Å². The van der Waals surface area contributed by atoms with Crippen LogP contribution in [0.15, 0.2) is 0 Å². The maximum absolute atomic E-state index is 11.4. The summed E-state index contributed by atoms with van der Waals surface area (Å²) < 4.78 is 0. The molecule has 0 aromatic carbocycles. The fraction of sp³-hybridized carbons (Fsp3) is 0.700. The van der Waals surface area contributed by atoms with Gasteiger partial charge in [0.1, 0.15) is 5.54 Å². The third-order valence-electron chi connectivity index (χ3n) is 2.87. The molecule has 3 N–H and O–H groups in total. The first-order valence-electron chi connectivity index (χ1n) is 5.37. The van der Waals surface area contributed by atoms with Crippen LogP contribution in [0.1, 0.15) is 19.3 Å².